The number of nitrogens with one attached hydrogen (secondary N) is 1. The Morgan fingerprint density at radius 2 is 1.93 bits per heavy atom. The highest BCUT2D eigenvalue weighted by atomic mass is 16.5. The van der Waals surface area contributed by atoms with Gasteiger partial charge >= 0.3 is 0 Å². The number of piperidine rings is 1. The predicted molar refractivity (Wildman–Crippen MR) is 115 cm³/mol. The molecule has 1 saturated heterocycles. The number of aryl methyl sites for hydroxylation is 1. The zero-order chi connectivity index (χ0) is 20.1. The number of para-hydroxylation sites is 1. The van der Waals surface area contributed by atoms with E-state index in [4.69, 9.17) is 9.47 Å². The maximum absolute atomic E-state index is 11.6. The molecule has 2 aliphatic heterocycles. The van der Waals surface area contributed by atoms with Crippen LogP contribution < -0.4 is 14.8 Å². The summed E-state index contributed by atoms with van der Waals surface area (Å²) in [5.74, 6) is 2.52. The van der Waals surface area contributed by atoms with Gasteiger partial charge in [-0.1, -0.05) is 24.3 Å². The molecule has 1 fully saturated rings. The Labute approximate surface area is 173 Å². The van der Waals surface area contributed by atoms with Gasteiger partial charge in [0.2, 0.25) is 5.91 Å². The lowest BCUT2D eigenvalue weighted by molar-refractivity contribution is -0.116. The van der Waals surface area contributed by atoms with Crippen LogP contribution >= 0.6 is 0 Å². The van der Waals surface area contributed by atoms with E-state index in [-0.39, 0.29) is 5.91 Å². The lowest BCUT2D eigenvalue weighted by Gasteiger charge is -2.32. The van der Waals surface area contributed by atoms with Crippen molar-refractivity contribution in [2.75, 3.05) is 38.7 Å². The lowest BCUT2D eigenvalue weighted by Crippen LogP contribution is -2.34. The van der Waals surface area contributed by atoms with E-state index in [1.54, 1.807) is 7.11 Å². The van der Waals surface area contributed by atoms with Crippen LogP contribution in [0.3, 0.4) is 0 Å². The van der Waals surface area contributed by atoms with Crippen molar-refractivity contribution in [1.29, 1.82) is 0 Å². The van der Waals surface area contributed by atoms with Crippen LogP contribution in [0.5, 0.6) is 11.5 Å². The summed E-state index contributed by atoms with van der Waals surface area (Å²) in [4.78, 5) is 14.1. The number of carbonyl (C=O) groups excluding carboxylic acids is 1. The minimum atomic E-state index is 0.0891. The molecule has 0 aromatic heterocycles. The van der Waals surface area contributed by atoms with Crippen molar-refractivity contribution >= 4 is 11.6 Å². The van der Waals surface area contributed by atoms with Crippen LogP contribution in [0.15, 0.2) is 42.5 Å². The standard InChI is InChI=1S/C24H30N2O3/c1-28-23-6-3-2-5-21(23)18-11-14-26(15-12-18)13-4-16-29-20-9-7-19-8-10-24(27)25-22(19)17-20/h2-3,5-7,9,17-18H,4,8,10-16H2,1H3,(H,25,27). The fourth-order valence-corrected chi connectivity index (χ4v) is 4.39. The Morgan fingerprint density at radius 3 is 2.76 bits per heavy atom. The van der Waals surface area contributed by atoms with Gasteiger partial charge in [0.1, 0.15) is 11.5 Å². The summed E-state index contributed by atoms with van der Waals surface area (Å²) in [5, 5.41) is 2.93. The van der Waals surface area contributed by atoms with Gasteiger partial charge in [-0.3, -0.25) is 4.79 Å². The monoisotopic (exact) mass is 394 g/mol. The first-order valence-electron chi connectivity index (χ1n) is 10.6. The summed E-state index contributed by atoms with van der Waals surface area (Å²) in [6, 6.07) is 14.4. The second-order valence-corrected chi connectivity index (χ2v) is 7.93. The third kappa shape index (κ3) is 4.91. The van der Waals surface area contributed by atoms with E-state index in [1.807, 2.05) is 18.2 Å². The van der Waals surface area contributed by atoms with Crippen molar-refractivity contribution in [3.8, 4) is 11.5 Å². The molecule has 0 bridgehead atoms. The second kappa shape index (κ2) is 9.31. The summed E-state index contributed by atoms with van der Waals surface area (Å²) in [6.07, 6.45) is 4.73. The maximum Gasteiger partial charge on any atom is 0.224 e. The van der Waals surface area contributed by atoms with Gasteiger partial charge in [-0.05, 0) is 68.0 Å². The van der Waals surface area contributed by atoms with E-state index in [0.29, 0.717) is 18.9 Å². The molecule has 0 aliphatic carbocycles. The Balaban J connectivity index is 1.20. The topological polar surface area (TPSA) is 50.8 Å². The number of nitrogens with zero attached hydrogens (tertiary/aromatic N) is 1. The summed E-state index contributed by atoms with van der Waals surface area (Å²) in [6.45, 7) is 3.99. The average molecular weight is 395 g/mol. The minimum Gasteiger partial charge on any atom is -0.496 e. The molecule has 154 valence electrons. The molecule has 0 unspecified atom stereocenters. The number of benzene rings is 2. The van der Waals surface area contributed by atoms with Crippen molar-refractivity contribution in [2.45, 2.75) is 38.0 Å². The van der Waals surface area contributed by atoms with Crippen LogP contribution in [0, 0.1) is 0 Å². The molecule has 2 aliphatic rings. The van der Waals surface area contributed by atoms with Crippen LogP contribution in [-0.4, -0.2) is 44.2 Å². The third-order valence-corrected chi connectivity index (χ3v) is 6.03. The normalized spacial score (nSPS) is 17.5. The number of hydrogen-bond acceptors (Lipinski definition) is 4. The van der Waals surface area contributed by atoms with E-state index in [9.17, 15) is 4.79 Å². The fraction of sp³-hybridized carbons (Fsp3) is 0.458. The number of hydrogen-bond donors (Lipinski definition) is 1. The van der Waals surface area contributed by atoms with Crippen molar-refractivity contribution in [3.05, 3.63) is 53.6 Å². The number of likely N-dealkylation sites (tertiary alicyclic amines) is 1. The van der Waals surface area contributed by atoms with Gasteiger partial charge in [-0.2, -0.15) is 0 Å². The second-order valence-electron chi connectivity index (χ2n) is 7.93. The number of methoxy groups -OCH3 is 1. The smallest absolute Gasteiger partial charge is 0.224 e. The zero-order valence-electron chi connectivity index (χ0n) is 17.2. The third-order valence-electron chi connectivity index (χ3n) is 6.03. The molecule has 0 saturated carbocycles. The van der Waals surface area contributed by atoms with Gasteiger partial charge in [-0.15, -0.1) is 0 Å². The van der Waals surface area contributed by atoms with Gasteiger partial charge in [0, 0.05) is 24.7 Å². The van der Waals surface area contributed by atoms with Crippen molar-refractivity contribution < 1.29 is 14.3 Å². The lowest BCUT2D eigenvalue weighted by atomic mass is 9.89. The van der Waals surface area contributed by atoms with E-state index < -0.39 is 0 Å². The molecule has 5 nitrogen and oxygen atoms in total. The highest BCUT2D eigenvalue weighted by Gasteiger charge is 2.22. The molecule has 5 heteroatoms. The van der Waals surface area contributed by atoms with Crippen LogP contribution in [0.1, 0.15) is 42.7 Å². The molecule has 2 aromatic rings. The minimum absolute atomic E-state index is 0.0891. The molecular weight excluding hydrogens is 364 g/mol. The summed E-state index contributed by atoms with van der Waals surface area (Å²) >= 11 is 0. The van der Waals surface area contributed by atoms with Crippen molar-refractivity contribution in [2.24, 2.45) is 0 Å². The van der Waals surface area contributed by atoms with Gasteiger partial charge in [-0.25, -0.2) is 0 Å². The van der Waals surface area contributed by atoms with Crippen molar-refractivity contribution in [1.82, 2.24) is 4.90 Å². The van der Waals surface area contributed by atoms with Crippen molar-refractivity contribution in [3.63, 3.8) is 0 Å². The van der Waals surface area contributed by atoms with Gasteiger partial charge in [0.15, 0.2) is 0 Å². The molecule has 29 heavy (non-hydrogen) atoms. The number of carbonyl (C=O) groups is 1. The van der Waals surface area contributed by atoms with Gasteiger partial charge in [0.05, 0.1) is 13.7 Å². The molecule has 0 spiro atoms. The molecule has 1 N–H and O–H groups in total. The quantitative estimate of drug-likeness (QED) is 0.714. The summed E-state index contributed by atoms with van der Waals surface area (Å²) in [5.41, 5.74) is 3.43. The van der Waals surface area contributed by atoms with Crippen LogP contribution in [-0.2, 0) is 11.2 Å². The molecule has 0 radical (unpaired) electrons. The van der Waals surface area contributed by atoms with Crippen LogP contribution in [0.4, 0.5) is 5.69 Å². The number of ether oxygens (including phenoxy) is 2. The molecule has 4 rings (SSSR count). The van der Waals surface area contributed by atoms with E-state index in [2.05, 4.69) is 34.5 Å². The van der Waals surface area contributed by atoms with Gasteiger partial charge in [0.25, 0.3) is 0 Å². The van der Waals surface area contributed by atoms with E-state index in [0.717, 1.165) is 49.7 Å². The predicted octanol–water partition coefficient (Wildman–Crippen LogP) is 4.23. The highest BCUT2D eigenvalue weighted by molar-refractivity contribution is 5.94. The molecule has 0 atom stereocenters. The first kappa shape index (κ1) is 19.8. The molecule has 2 aromatic carbocycles. The molecular formula is C24H30N2O3. The van der Waals surface area contributed by atoms with E-state index in [1.165, 1.54) is 24.0 Å². The largest absolute Gasteiger partial charge is 0.496 e. The average Bonchev–Trinajstić information content (AvgIpc) is 2.77. The first-order valence-corrected chi connectivity index (χ1v) is 10.6. The Morgan fingerprint density at radius 1 is 1.10 bits per heavy atom. The van der Waals surface area contributed by atoms with E-state index >= 15 is 0 Å². The Kier molecular flexibility index (Phi) is 6.35. The SMILES string of the molecule is COc1ccccc1C1CCN(CCCOc2ccc3c(c2)NC(=O)CC3)CC1. The molecule has 1 amide bonds. The number of fused-ring (bicyclic) bond motifs is 1. The summed E-state index contributed by atoms with van der Waals surface area (Å²) in [7, 11) is 1.75. The Bertz CT molecular complexity index is 844. The van der Waals surface area contributed by atoms with Crippen LogP contribution in [0.25, 0.3) is 0 Å². The van der Waals surface area contributed by atoms with Crippen LogP contribution in [0.2, 0.25) is 0 Å². The Hall–Kier alpha value is -2.53. The first-order chi connectivity index (χ1) is 14.2. The summed E-state index contributed by atoms with van der Waals surface area (Å²) < 4.78 is 11.5. The van der Waals surface area contributed by atoms with Gasteiger partial charge < -0.3 is 19.7 Å². The number of anilines is 1. The highest BCUT2D eigenvalue weighted by Crippen LogP contribution is 2.34. The fourth-order valence-electron chi connectivity index (χ4n) is 4.39. The number of rotatable bonds is 7. The zero-order valence-corrected chi connectivity index (χ0v) is 17.2. The molecule has 2 heterocycles. The maximum atomic E-state index is 11.6. The number of amides is 1.